The fourth-order valence-corrected chi connectivity index (χ4v) is 2.76. The highest BCUT2D eigenvalue weighted by molar-refractivity contribution is 6.36. The Labute approximate surface area is 142 Å². The van der Waals surface area contributed by atoms with Crippen molar-refractivity contribution in [2.24, 2.45) is 0 Å². The van der Waals surface area contributed by atoms with Gasteiger partial charge in [0.2, 0.25) is 5.78 Å². The molecular weight excluding hydrogens is 330 g/mol. The minimum atomic E-state index is -1.13. The molecule has 0 radical (unpaired) electrons. The number of Topliss-reactive ketones (excluding diaryl/α,β-unsaturated/α-hetero) is 1. The topological polar surface area (TPSA) is 74.7 Å². The normalized spacial score (nSPS) is 15.6. The van der Waals surface area contributed by atoms with Crippen LogP contribution in [0, 0.1) is 0 Å². The maximum Gasteiger partial charge on any atom is 0.335 e. The number of carbonyl (C=O) groups excluding carboxylic acids is 2. The molecule has 24 heavy (non-hydrogen) atoms. The largest absolute Gasteiger partial charge is 0.478 e. The summed E-state index contributed by atoms with van der Waals surface area (Å²) in [6, 6.07) is 10.9. The van der Waals surface area contributed by atoms with Gasteiger partial charge >= 0.3 is 5.97 Å². The second-order valence-corrected chi connectivity index (χ2v) is 5.78. The molecule has 0 aliphatic carbocycles. The van der Waals surface area contributed by atoms with Crippen LogP contribution in [0.25, 0.3) is 6.08 Å². The van der Waals surface area contributed by atoms with E-state index >= 15 is 0 Å². The van der Waals surface area contributed by atoms with Gasteiger partial charge in [-0.05, 0) is 42.0 Å². The molecule has 0 unspecified atom stereocenters. The molecule has 0 fully saturated rings. The maximum absolute atomic E-state index is 12.7. The van der Waals surface area contributed by atoms with Gasteiger partial charge in [0.15, 0.2) is 0 Å². The molecule has 2 aromatic carbocycles. The molecule has 2 aromatic rings. The lowest BCUT2D eigenvalue weighted by atomic mass is 9.92. The number of benzene rings is 2. The molecule has 6 heteroatoms. The standard InChI is InChI=1S/C18H12ClNO4/c1-20-15-6-5-11(18(23)24)9-13(15)16(21)14(17(20)22)8-10-3-2-4-12(19)7-10/h2-9H,1H3,(H,23,24). The van der Waals surface area contributed by atoms with E-state index in [0.717, 1.165) is 0 Å². The van der Waals surface area contributed by atoms with E-state index in [-0.39, 0.29) is 16.7 Å². The van der Waals surface area contributed by atoms with Crippen molar-refractivity contribution in [3.8, 4) is 0 Å². The monoisotopic (exact) mass is 341 g/mol. The first kappa shape index (κ1) is 16.0. The molecule has 5 nitrogen and oxygen atoms in total. The van der Waals surface area contributed by atoms with E-state index in [4.69, 9.17) is 16.7 Å². The number of carboxylic acid groups (broad SMARTS) is 1. The Kier molecular flexibility index (Phi) is 3.95. The fourth-order valence-electron chi connectivity index (χ4n) is 2.57. The van der Waals surface area contributed by atoms with Crippen molar-refractivity contribution in [3.05, 3.63) is 69.8 Å². The molecule has 120 valence electrons. The minimum absolute atomic E-state index is 0.00745. The van der Waals surface area contributed by atoms with Gasteiger partial charge in [-0.3, -0.25) is 9.59 Å². The quantitative estimate of drug-likeness (QED) is 0.672. The Morgan fingerprint density at radius 3 is 2.58 bits per heavy atom. The molecule has 1 amide bonds. The van der Waals surface area contributed by atoms with Gasteiger partial charge in [0.25, 0.3) is 5.91 Å². The highest BCUT2D eigenvalue weighted by Crippen LogP contribution is 2.31. The van der Waals surface area contributed by atoms with Gasteiger partial charge in [-0.2, -0.15) is 0 Å². The van der Waals surface area contributed by atoms with Crippen molar-refractivity contribution >= 4 is 41.0 Å². The van der Waals surface area contributed by atoms with Crippen LogP contribution in [0.2, 0.25) is 5.02 Å². The summed E-state index contributed by atoms with van der Waals surface area (Å²) in [7, 11) is 1.54. The first-order valence-corrected chi connectivity index (χ1v) is 7.43. The molecule has 3 rings (SSSR count). The smallest absolute Gasteiger partial charge is 0.335 e. The van der Waals surface area contributed by atoms with E-state index in [0.29, 0.717) is 16.3 Å². The summed E-state index contributed by atoms with van der Waals surface area (Å²) in [5.74, 6) is -2.09. The van der Waals surface area contributed by atoms with Crippen molar-refractivity contribution in [1.82, 2.24) is 0 Å². The fraction of sp³-hybridized carbons (Fsp3) is 0.0556. The number of likely N-dealkylation sites (N-methyl/N-ethyl adjacent to an activating group) is 1. The first-order chi connectivity index (χ1) is 11.4. The summed E-state index contributed by atoms with van der Waals surface area (Å²) in [5, 5.41) is 9.59. The Bertz CT molecular complexity index is 917. The zero-order chi connectivity index (χ0) is 17.4. The average molecular weight is 342 g/mol. The third kappa shape index (κ3) is 2.70. The SMILES string of the molecule is CN1C(=O)C(=Cc2cccc(Cl)c2)C(=O)c2cc(C(=O)O)ccc21. The molecule has 1 N–H and O–H groups in total. The predicted octanol–water partition coefficient (Wildman–Crippen LogP) is 3.28. The third-order valence-corrected chi connectivity index (χ3v) is 4.02. The molecule has 0 bridgehead atoms. The maximum atomic E-state index is 12.7. The molecule has 1 heterocycles. The lowest BCUT2D eigenvalue weighted by molar-refractivity contribution is -0.114. The number of ketones is 1. The van der Waals surface area contributed by atoms with Gasteiger partial charge in [0.1, 0.15) is 0 Å². The van der Waals surface area contributed by atoms with Gasteiger partial charge in [-0.25, -0.2) is 4.79 Å². The van der Waals surface area contributed by atoms with Crippen molar-refractivity contribution in [2.75, 3.05) is 11.9 Å². The molecule has 1 aliphatic heterocycles. The summed E-state index contributed by atoms with van der Waals surface area (Å²) in [4.78, 5) is 37.6. The summed E-state index contributed by atoms with van der Waals surface area (Å²) in [6.45, 7) is 0. The second kappa shape index (κ2) is 5.94. The predicted molar refractivity (Wildman–Crippen MR) is 90.6 cm³/mol. The number of anilines is 1. The highest BCUT2D eigenvalue weighted by atomic mass is 35.5. The lowest BCUT2D eigenvalue weighted by Gasteiger charge is -2.26. The van der Waals surface area contributed by atoms with Gasteiger partial charge in [-0.1, -0.05) is 23.7 Å². The summed E-state index contributed by atoms with van der Waals surface area (Å²) in [5.41, 5.74) is 1.15. The number of aromatic carboxylic acids is 1. The van der Waals surface area contributed by atoms with Gasteiger partial charge in [-0.15, -0.1) is 0 Å². The van der Waals surface area contributed by atoms with Crippen LogP contribution in [0.3, 0.4) is 0 Å². The number of nitrogens with zero attached hydrogens (tertiary/aromatic N) is 1. The van der Waals surface area contributed by atoms with Gasteiger partial charge in [0, 0.05) is 17.6 Å². The Balaban J connectivity index is 2.14. The number of carboxylic acids is 1. The number of hydrogen-bond donors (Lipinski definition) is 1. The van der Waals surface area contributed by atoms with Crippen molar-refractivity contribution < 1.29 is 19.5 Å². The minimum Gasteiger partial charge on any atom is -0.478 e. The lowest BCUT2D eigenvalue weighted by Crippen LogP contribution is -2.36. The van der Waals surface area contributed by atoms with E-state index in [2.05, 4.69) is 0 Å². The molecular formula is C18H12ClNO4. The van der Waals surface area contributed by atoms with Crippen LogP contribution in [0.1, 0.15) is 26.3 Å². The number of amides is 1. The Hall–Kier alpha value is -2.92. The van der Waals surface area contributed by atoms with Crippen LogP contribution >= 0.6 is 11.6 Å². The van der Waals surface area contributed by atoms with Gasteiger partial charge in [0.05, 0.1) is 16.8 Å². The molecule has 0 spiro atoms. The van der Waals surface area contributed by atoms with E-state index < -0.39 is 17.7 Å². The molecule has 0 aromatic heterocycles. The summed E-state index contributed by atoms with van der Waals surface area (Å²) >= 11 is 5.93. The van der Waals surface area contributed by atoms with Crippen LogP contribution in [0.5, 0.6) is 0 Å². The van der Waals surface area contributed by atoms with Crippen LogP contribution in [-0.2, 0) is 4.79 Å². The van der Waals surface area contributed by atoms with Crippen LogP contribution in [0.15, 0.2) is 48.0 Å². The van der Waals surface area contributed by atoms with Crippen LogP contribution in [-0.4, -0.2) is 29.8 Å². The Morgan fingerprint density at radius 2 is 1.92 bits per heavy atom. The highest BCUT2D eigenvalue weighted by Gasteiger charge is 2.33. The first-order valence-electron chi connectivity index (χ1n) is 7.06. The van der Waals surface area contributed by atoms with E-state index in [1.165, 1.54) is 29.2 Å². The van der Waals surface area contributed by atoms with Crippen molar-refractivity contribution in [2.45, 2.75) is 0 Å². The summed E-state index contributed by atoms with van der Waals surface area (Å²) in [6.07, 6.45) is 1.46. The van der Waals surface area contributed by atoms with Crippen LogP contribution in [0.4, 0.5) is 5.69 Å². The number of rotatable bonds is 2. The van der Waals surface area contributed by atoms with Crippen LogP contribution < -0.4 is 4.90 Å². The molecule has 0 atom stereocenters. The number of halogens is 1. The zero-order valence-corrected chi connectivity index (χ0v) is 13.4. The molecule has 0 saturated heterocycles. The second-order valence-electron chi connectivity index (χ2n) is 5.34. The molecule has 1 aliphatic rings. The third-order valence-electron chi connectivity index (χ3n) is 3.79. The van der Waals surface area contributed by atoms with E-state index in [1.54, 1.807) is 31.3 Å². The van der Waals surface area contributed by atoms with Crippen molar-refractivity contribution in [3.63, 3.8) is 0 Å². The van der Waals surface area contributed by atoms with E-state index in [1.807, 2.05) is 0 Å². The average Bonchev–Trinajstić information content (AvgIpc) is 2.56. The number of fused-ring (bicyclic) bond motifs is 1. The van der Waals surface area contributed by atoms with E-state index in [9.17, 15) is 14.4 Å². The zero-order valence-electron chi connectivity index (χ0n) is 12.6. The molecule has 0 saturated carbocycles. The summed E-state index contributed by atoms with van der Waals surface area (Å²) < 4.78 is 0. The Morgan fingerprint density at radius 1 is 1.17 bits per heavy atom. The van der Waals surface area contributed by atoms with Gasteiger partial charge < -0.3 is 10.0 Å². The van der Waals surface area contributed by atoms with Crippen molar-refractivity contribution in [1.29, 1.82) is 0 Å². The number of carbonyl (C=O) groups is 3. The number of hydrogen-bond acceptors (Lipinski definition) is 3.